The van der Waals surface area contributed by atoms with Gasteiger partial charge in [-0.3, -0.25) is 9.69 Å². The summed E-state index contributed by atoms with van der Waals surface area (Å²) in [6.45, 7) is 10.3. The van der Waals surface area contributed by atoms with E-state index in [-0.39, 0.29) is 12.0 Å². The summed E-state index contributed by atoms with van der Waals surface area (Å²) in [6.07, 6.45) is 0.655. The first-order chi connectivity index (χ1) is 12.2. The summed E-state index contributed by atoms with van der Waals surface area (Å²) in [7, 11) is 0. The molecule has 6 nitrogen and oxygen atoms in total. The highest BCUT2D eigenvalue weighted by atomic mass is 16.5. The summed E-state index contributed by atoms with van der Waals surface area (Å²) in [4.78, 5) is 16.9. The van der Waals surface area contributed by atoms with Gasteiger partial charge in [-0.25, -0.2) is 0 Å². The number of piperazine rings is 1. The van der Waals surface area contributed by atoms with Crippen molar-refractivity contribution in [2.45, 2.75) is 19.4 Å². The van der Waals surface area contributed by atoms with E-state index in [9.17, 15) is 4.79 Å². The largest absolute Gasteiger partial charge is 0.369 e. The Morgan fingerprint density at radius 1 is 1.32 bits per heavy atom. The predicted octanol–water partition coefficient (Wildman–Crippen LogP) is 0.612. The molecule has 1 atom stereocenters. The van der Waals surface area contributed by atoms with Gasteiger partial charge in [0, 0.05) is 51.5 Å². The number of carbonyl (C=O) groups is 1. The van der Waals surface area contributed by atoms with E-state index < -0.39 is 0 Å². The molecule has 0 bridgehead atoms. The molecule has 0 saturated carbocycles. The third-order valence-corrected chi connectivity index (χ3v) is 4.91. The Bertz CT molecular complexity index is 552. The lowest BCUT2D eigenvalue weighted by Crippen LogP contribution is -2.49. The van der Waals surface area contributed by atoms with E-state index in [1.807, 2.05) is 0 Å². The van der Waals surface area contributed by atoms with Gasteiger partial charge in [0.25, 0.3) is 0 Å². The van der Waals surface area contributed by atoms with Crippen LogP contribution in [0, 0.1) is 6.92 Å². The molecule has 25 heavy (non-hydrogen) atoms. The number of rotatable bonds is 6. The first-order valence-electron chi connectivity index (χ1n) is 9.36. The lowest BCUT2D eigenvalue weighted by Gasteiger charge is -2.36. The van der Waals surface area contributed by atoms with Crippen LogP contribution in [0.1, 0.15) is 12.0 Å². The molecule has 3 rings (SSSR count). The van der Waals surface area contributed by atoms with E-state index in [0.29, 0.717) is 13.2 Å². The number of nitrogens with zero attached hydrogens (tertiary/aromatic N) is 2. The summed E-state index contributed by atoms with van der Waals surface area (Å²) in [5, 5.41) is 6.17. The van der Waals surface area contributed by atoms with Gasteiger partial charge in [-0.05, 0) is 37.6 Å². The number of benzene rings is 1. The number of hydrogen-bond donors (Lipinski definition) is 2. The van der Waals surface area contributed by atoms with Crippen molar-refractivity contribution in [2.75, 3.05) is 63.9 Å². The molecule has 2 fully saturated rings. The monoisotopic (exact) mass is 346 g/mol. The minimum atomic E-state index is -0.327. The molecule has 0 aliphatic carbocycles. The number of morpholine rings is 1. The van der Waals surface area contributed by atoms with Crippen LogP contribution in [0.3, 0.4) is 0 Å². The van der Waals surface area contributed by atoms with Crippen LogP contribution >= 0.6 is 0 Å². The van der Waals surface area contributed by atoms with Gasteiger partial charge >= 0.3 is 0 Å². The topological polar surface area (TPSA) is 56.8 Å². The smallest absolute Gasteiger partial charge is 0.250 e. The van der Waals surface area contributed by atoms with Crippen LogP contribution in [0.25, 0.3) is 0 Å². The number of carbonyl (C=O) groups excluding carboxylic acids is 1. The molecule has 2 aliphatic rings. The molecular formula is C19H30N4O2. The van der Waals surface area contributed by atoms with Gasteiger partial charge in [0.15, 0.2) is 0 Å². The first-order valence-corrected chi connectivity index (χ1v) is 9.36. The van der Waals surface area contributed by atoms with Crippen molar-refractivity contribution in [2.24, 2.45) is 0 Å². The van der Waals surface area contributed by atoms with Gasteiger partial charge in [0.05, 0.1) is 6.61 Å². The first kappa shape index (κ1) is 18.2. The summed E-state index contributed by atoms with van der Waals surface area (Å²) in [5.74, 6) is 0.0106. The van der Waals surface area contributed by atoms with E-state index in [4.69, 9.17) is 4.74 Å². The zero-order valence-corrected chi connectivity index (χ0v) is 15.2. The van der Waals surface area contributed by atoms with E-state index >= 15 is 0 Å². The second-order valence-electron chi connectivity index (χ2n) is 6.88. The molecule has 0 radical (unpaired) electrons. The highest BCUT2D eigenvalue weighted by Gasteiger charge is 2.21. The summed E-state index contributed by atoms with van der Waals surface area (Å²) < 4.78 is 5.46. The Kier molecular flexibility index (Phi) is 6.67. The fourth-order valence-electron chi connectivity index (χ4n) is 3.42. The van der Waals surface area contributed by atoms with E-state index in [0.717, 1.165) is 52.2 Å². The van der Waals surface area contributed by atoms with Crippen LogP contribution in [-0.2, 0) is 9.53 Å². The van der Waals surface area contributed by atoms with E-state index in [2.05, 4.69) is 51.6 Å². The van der Waals surface area contributed by atoms with Gasteiger partial charge in [-0.1, -0.05) is 12.1 Å². The second-order valence-corrected chi connectivity index (χ2v) is 6.88. The molecule has 1 aromatic rings. The molecule has 1 unspecified atom stereocenters. The predicted molar refractivity (Wildman–Crippen MR) is 100 cm³/mol. The van der Waals surface area contributed by atoms with Crippen molar-refractivity contribution in [3.63, 3.8) is 0 Å². The normalized spacial score (nSPS) is 22.0. The van der Waals surface area contributed by atoms with Crippen LogP contribution in [0.5, 0.6) is 0 Å². The van der Waals surface area contributed by atoms with Crippen LogP contribution in [0.4, 0.5) is 5.69 Å². The average molecular weight is 346 g/mol. The third kappa shape index (κ3) is 5.42. The fraction of sp³-hybridized carbons (Fsp3) is 0.632. The lowest BCUT2D eigenvalue weighted by atomic mass is 10.2. The van der Waals surface area contributed by atoms with Crippen LogP contribution in [0.2, 0.25) is 0 Å². The Hall–Kier alpha value is -1.63. The minimum Gasteiger partial charge on any atom is -0.369 e. The molecule has 138 valence electrons. The van der Waals surface area contributed by atoms with Gasteiger partial charge in [0.1, 0.15) is 6.10 Å². The maximum absolute atomic E-state index is 12.0. The van der Waals surface area contributed by atoms with Crippen molar-refractivity contribution in [1.82, 2.24) is 15.5 Å². The molecule has 2 saturated heterocycles. The molecule has 2 heterocycles. The third-order valence-electron chi connectivity index (χ3n) is 4.91. The number of ether oxygens (including phenoxy) is 1. The standard InChI is InChI=1S/C19H30N4O2/c1-16-4-2-5-17(14-16)23-11-9-22(10-12-23)8-3-6-21-19(24)18-15-20-7-13-25-18/h2,4-5,14,18,20H,3,6-13,15H2,1H3,(H,21,24). The molecule has 1 aromatic carbocycles. The van der Waals surface area contributed by atoms with Crippen molar-refractivity contribution in [1.29, 1.82) is 0 Å². The molecule has 2 N–H and O–H groups in total. The lowest BCUT2D eigenvalue weighted by molar-refractivity contribution is -0.134. The van der Waals surface area contributed by atoms with E-state index in [1.165, 1.54) is 11.3 Å². The highest BCUT2D eigenvalue weighted by Crippen LogP contribution is 2.17. The Balaban J connectivity index is 1.31. The molecule has 1 amide bonds. The highest BCUT2D eigenvalue weighted by molar-refractivity contribution is 5.81. The van der Waals surface area contributed by atoms with Crippen LogP contribution in [-0.4, -0.2) is 75.9 Å². The maximum atomic E-state index is 12.0. The van der Waals surface area contributed by atoms with Crippen molar-refractivity contribution in [3.8, 4) is 0 Å². The van der Waals surface area contributed by atoms with Crippen LogP contribution in [0.15, 0.2) is 24.3 Å². The quantitative estimate of drug-likeness (QED) is 0.740. The molecule has 6 heteroatoms. The SMILES string of the molecule is Cc1cccc(N2CCN(CCCNC(=O)C3CNCCO3)CC2)c1. The number of aryl methyl sites for hydroxylation is 1. The van der Waals surface area contributed by atoms with Crippen LogP contribution < -0.4 is 15.5 Å². The van der Waals surface area contributed by atoms with Gasteiger partial charge in [-0.15, -0.1) is 0 Å². The van der Waals surface area contributed by atoms with Gasteiger partial charge < -0.3 is 20.3 Å². The molecule has 0 aromatic heterocycles. The number of hydrogen-bond acceptors (Lipinski definition) is 5. The molecular weight excluding hydrogens is 316 g/mol. The maximum Gasteiger partial charge on any atom is 0.250 e. The summed E-state index contributed by atoms with van der Waals surface area (Å²) in [5.41, 5.74) is 2.64. The summed E-state index contributed by atoms with van der Waals surface area (Å²) in [6, 6.07) is 8.72. The van der Waals surface area contributed by atoms with E-state index in [1.54, 1.807) is 0 Å². The zero-order valence-electron chi connectivity index (χ0n) is 15.2. The van der Waals surface area contributed by atoms with Crippen molar-refractivity contribution in [3.05, 3.63) is 29.8 Å². The zero-order chi connectivity index (χ0) is 17.5. The Morgan fingerprint density at radius 2 is 2.16 bits per heavy atom. The number of amides is 1. The van der Waals surface area contributed by atoms with Crippen molar-refractivity contribution < 1.29 is 9.53 Å². The van der Waals surface area contributed by atoms with Crippen molar-refractivity contribution >= 4 is 11.6 Å². The summed E-state index contributed by atoms with van der Waals surface area (Å²) >= 11 is 0. The molecule has 2 aliphatic heterocycles. The number of anilines is 1. The van der Waals surface area contributed by atoms with Gasteiger partial charge in [0.2, 0.25) is 5.91 Å². The Labute approximate surface area is 150 Å². The second kappa shape index (κ2) is 9.17. The number of nitrogens with one attached hydrogen (secondary N) is 2. The van der Waals surface area contributed by atoms with Gasteiger partial charge in [-0.2, -0.15) is 0 Å². The minimum absolute atomic E-state index is 0.0106. The molecule has 0 spiro atoms. The fourth-order valence-corrected chi connectivity index (χ4v) is 3.42. The Morgan fingerprint density at radius 3 is 2.88 bits per heavy atom. The average Bonchev–Trinajstić information content (AvgIpc) is 2.66.